The Hall–Kier alpha value is -1.59. The van der Waals surface area contributed by atoms with Gasteiger partial charge in [0.25, 0.3) is 0 Å². The summed E-state index contributed by atoms with van der Waals surface area (Å²) in [4.78, 5) is 17.4. The van der Waals surface area contributed by atoms with Crippen LogP contribution in [0.2, 0.25) is 0 Å². The lowest BCUT2D eigenvalue weighted by atomic mass is 10.0. The average Bonchev–Trinajstić information content (AvgIpc) is 3.12. The molecule has 0 radical (unpaired) electrons. The van der Waals surface area contributed by atoms with E-state index in [4.69, 9.17) is 9.47 Å². The van der Waals surface area contributed by atoms with Crippen molar-refractivity contribution in [3.05, 3.63) is 29.3 Å². The van der Waals surface area contributed by atoms with E-state index in [1.807, 2.05) is 4.90 Å². The van der Waals surface area contributed by atoms with Gasteiger partial charge in [-0.3, -0.25) is 9.69 Å². The first-order chi connectivity index (χ1) is 13.2. The molecule has 148 valence electrons. The molecule has 5 nitrogen and oxygen atoms in total. The van der Waals surface area contributed by atoms with Crippen LogP contribution in [0, 0.1) is 5.92 Å². The van der Waals surface area contributed by atoms with Crippen LogP contribution < -0.4 is 4.74 Å². The largest absolute Gasteiger partial charge is 0.491 e. The SMILES string of the molecule is CC1COc2ccc(CN3CCOCC3)cc2CN1C(=O)CC1CCCC1. The number of carbonyl (C=O) groups excluding carboxylic acids is 1. The van der Waals surface area contributed by atoms with Crippen LogP contribution in [-0.4, -0.2) is 54.7 Å². The van der Waals surface area contributed by atoms with Crippen LogP contribution in [-0.2, 0) is 22.6 Å². The highest BCUT2D eigenvalue weighted by Gasteiger charge is 2.28. The number of amides is 1. The molecule has 1 amide bonds. The van der Waals surface area contributed by atoms with Gasteiger partial charge in [-0.15, -0.1) is 0 Å². The lowest BCUT2D eigenvalue weighted by molar-refractivity contribution is -0.135. The van der Waals surface area contributed by atoms with Gasteiger partial charge < -0.3 is 14.4 Å². The monoisotopic (exact) mass is 372 g/mol. The number of fused-ring (bicyclic) bond motifs is 1. The summed E-state index contributed by atoms with van der Waals surface area (Å²) in [7, 11) is 0. The summed E-state index contributed by atoms with van der Waals surface area (Å²) < 4.78 is 11.5. The van der Waals surface area contributed by atoms with Crippen LogP contribution in [0.3, 0.4) is 0 Å². The summed E-state index contributed by atoms with van der Waals surface area (Å²) >= 11 is 0. The van der Waals surface area contributed by atoms with E-state index in [-0.39, 0.29) is 6.04 Å². The Balaban J connectivity index is 1.46. The molecular weight excluding hydrogens is 340 g/mol. The van der Waals surface area contributed by atoms with Crippen molar-refractivity contribution in [3.8, 4) is 5.75 Å². The molecule has 1 aromatic rings. The van der Waals surface area contributed by atoms with Gasteiger partial charge in [-0.1, -0.05) is 18.9 Å². The Bertz CT molecular complexity index is 651. The van der Waals surface area contributed by atoms with Gasteiger partial charge in [0, 0.05) is 38.2 Å². The maximum atomic E-state index is 13.0. The summed E-state index contributed by atoms with van der Waals surface area (Å²) in [5.41, 5.74) is 2.43. The Kier molecular flexibility index (Phi) is 5.98. The van der Waals surface area contributed by atoms with Crippen molar-refractivity contribution in [1.82, 2.24) is 9.80 Å². The number of rotatable bonds is 4. The average molecular weight is 373 g/mol. The van der Waals surface area contributed by atoms with Crippen molar-refractivity contribution >= 4 is 5.91 Å². The first-order valence-electron chi connectivity index (χ1n) is 10.5. The number of hydrogen-bond acceptors (Lipinski definition) is 4. The lowest BCUT2D eigenvalue weighted by Crippen LogP contribution is -2.40. The fourth-order valence-corrected chi connectivity index (χ4v) is 4.57. The van der Waals surface area contributed by atoms with Crippen molar-refractivity contribution in [2.24, 2.45) is 5.92 Å². The third-order valence-electron chi connectivity index (χ3n) is 6.25. The molecule has 0 N–H and O–H groups in total. The number of hydrogen-bond donors (Lipinski definition) is 0. The van der Waals surface area contributed by atoms with Crippen LogP contribution >= 0.6 is 0 Å². The van der Waals surface area contributed by atoms with Crippen LogP contribution in [0.25, 0.3) is 0 Å². The molecule has 0 spiro atoms. The Morgan fingerprint density at radius 1 is 1.19 bits per heavy atom. The standard InChI is InChI=1S/C22H32N2O3/c1-17-16-27-21-7-6-19(14-23-8-10-26-11-9-23)12-20(21)15-24(17)22(25)13-18-4-2-3-5-18/h6-7,12,17-18H,2-5,8-11,13-16H2,1H3. The molecule has 4 rings (SSSR count). The third-order valence-corrected chi connectivity index (χ3v) is 6.25. The molecular formula is C22H32N2O3. The number of morpholine rings is 1. The van der Waals surface area contributed by atoms with Crippen molar-refractivity contribution in [3.63, 3.8) is 0 Å². The van der Waals surface area contributed by atoms with Crippen molar-refractivity contribution < 1.29 is 14.3 Å². The van der Waals surface area contributed by atoms with Crippen molar-refractivity contribution in [1.29, 1.82) is 0 Å². The molecule has 1 unspecified atom stereocenters. The van der Waals surface area contributed by atoms with Gasteiger partial charge in [-0.25, -0.2) is 0 Å². The Labute approximate surface area is 162 Å². The van der Waals surface area contributed by atoms with Gasteiger partial charge >= 0.3 is 0 Å². The van der Waals surface area contributed by atoms with E-state index < -0.39 is 0 Å². The van der Waals surface area contributed by atoms with Gasteiger partial charge in [-0.2, -0.15) is 0 Å². The molecule has 1 aliphatic carbocycles. The molecule has 2 heterocycles. The van der Waals surface area contributed by atoms with E-state index in [9.17, 15) is 4.79 Å². The predicted molar refractivity (Wildman–Crippen MR) is 105 cm³/mol. The quantitative estimate of drug-likeness (QED) is 0.814. The van der Waals surface area contributed by atoms with Crippen LogP contribution in [0.1, 0.15) is 50.2 Å². The van der Waals surface area contributed by atoms with Gasteiger partial charge in [0.15, 0.2) is 0 Å². The van der Waals surface area contributed by atoms with E-state index in [0.29, 0.717) is 31.4 Å². The fourth-order valence-electron chi connectivity index (χ4n) is 4.57. The molecule has 1 atom stereocenters. The second-order valence-electron chi connectivity index (χ2n) is 8.37. The second-order valence-corrected chi connectivity index (χ2v) is 8.37. The first kappa shape index (κ1) is 18.8. The zero-order valence-corrected chi connectivity index (χ0v) is 16.5. The first-order valence-corrected chi connectivity index (χ1v) is 10.5. The summed E-state index contributed by atoms with van der Waals surface area (Å²) in [5, 5.41) is 0. The fraction of sp³-hybridized carbons (Fsp3) is 0.682. The highest BCUT2D eigenvalue weighted by atomic mass is 16.5. The molecule has 1 saturated heterocycles. The Morgan fingerprint density at radius 2 is 1.96 bits per heavy atom. The summed E-state index contributed by atoms with van der Waals surface area (Å²) in [5.74, 6) is 1.81. The topological polar surface area (TPSA) is 42.0 Å². The zero-order chi connectivity index (χ0) is 18.6. The minimum Gasteiger partial charge on any atom is -0.491 e. The van der Waals surface area contributed by atoms with Crippen LogP contribution in [0.5, 0.6) is 5.75 Å². The summed E-state index contributed by atoms with van der Waals surface area (Å²) in [6, 6.07) is 6.60. The zero-order valence-electron chi connectivity index (χ0n) is 16.5. The minimum absolute atomic E-state index is 0.119. The third kappa shape index (κ3) is 4.64. The van der Waals surface area contributed by atoms with E-state index in [2.05, 4.69) is 30.0 Å². The maximum Gasteiger partial charge on any atom is 0.223 e. The molecule has 2 aliphatic heterocycles. The van der Waals surface area contributed by atoms with Crippen molar-refractivity contribution in [2.75, 3.05) is 32.9 Å². The molecule has 5 heteroatoms. The normalized spacial score (nSPS) is 24.3. The number of nitrogens with zero attached hydrogens (tertiary/aromatic N) is 2. The molecule has 1 saturated carbocycles. The predicted octanol–water partition coefficient (Wildman–Crippen LogP) is 3.21. The van der Waals surface area contributed by atoms with Crippen LogP contribution in [0.15, 0.2) is 18.2 Å². The van der Waals surface area contributed by atoms with E-state index in [1.165, 1.54) is 31.2 Å². The Morgan fingerprint density at radius 3 is 2.74 bits per heavy atom. The molecule has 0 aromatic heterocycles. The summed E-state index contributed by atoms with van der Waals surface area (Å²) in [6.07, 6.45) is 5.69. The molecule has 27 heavy (non-hydrogen) atoms. The van der Waals surface area contributed by atoms with Crippen molar-refractivity contribution in [2.45, 2.75) is 58.2 Å². The highest BCUT2D eigenvalue weighted by molar-refractivity contribution is 5.77. The number of carbonyl (C=O) groups is 1. The molecule has 2 fully saturated rings. The highest BCUT2D eigenvalue weighted by Crippen LogP contribution is 2.31. The van der Waals surface area contributed by atoms with E-state index in [1.54, 1.807) is 0 Å². The van der Waals surface area contributed by atoms with Gasteiger partial charge in [0.2, 0.25) is 5.91 Å². The smallest absolute Gasteiger partial charge is 0.223 e. The summed E-state index contributed by atoms with van der Waals surface area (Å²) in [6.45, 7) is 7.87. The number of ether oxygens (including phenoxy) is 2. The van der Waals surface area contributed by atoms with Gasteiger partial charge in [-0.05, 0) is 43.4 Å². The van der Waals surface area contributed by atoms with Gasteiger partial charge in [0.05, 0.1) is 19.3 Å². The van der Waals surface area contributed by atoms with E-state index in [0.717, 1.165) is 44.2 Å². The number of benzene rings is 1. The second kappa shape index (κ2) is 8.61. The maximum absolute atomic E-state index is 13.0. The lowest BCUT2D eigenvalue weighted by Gasteiger charge is -2.28. The molecule has 3 aliphatic rings. The minimum atomic E-state index is 0.119. The van der Waals surface area contributed by atoms with E-state index >= 15 is 0 Å². The molecule has 0 bridgehead atoms. The molecule has 1 aromatic carbocycles. The van der Waals surface area contributed by atoms with Crippen LogP contribution in [0.4, 0.5) is 0 Å². The van der Waals surface area contributed by atoms with Gasteiger partial charge in [0.1, 0.15) is 12.4 Å².